The molecule has 4 aromatic carbocycles. The van der Waals surface area contributed by atoms with Gasteiger partial charge in [0.15, 0.2) is 0 Å². The number of nitrogens with one attached hydrogen (secondary N) is 1. The fourth-order valence-corrected chi connectivity index (χ4v) is 6.34. The fourth-order valence-electron chi connectivity index (χ4n) is 4.64. The molecule has 0 heterocycles. The van der Waals surface area contributed by atoms with E-state index in [1.807, 2.05) is 44.2 Å². The van der Waals surface area contributed by atoms with Gasteiger partial charge < -0.3 is 10.2 Å². The van der Waals surface area contributed by atoms with E-state index in [9.17, 15) is 22.4 Å². The smallest absolute Gasteiger partial charge is 0.264 e. The molecule has 0 aliphatic rings. The van der Waals surface area contributed by atoms with Gasteiger partial charge in [0.25, 0.3) is 10.0 Å². The maximum atomic E-state index is 15.0. The molecule has 0 aromatic heterocycles. The van der Waals surface area contributed by atoms with Crippen molar-refractivity contribution < 1.29 is 22.4 Å². The summed E-state index contributed by atoms with van der Waals surface area (Å²) in [6.07, 6.45) is 0.148. The van der Waals surface area contributed by atoms with E-state index in [0.717, 1.165) is 14.3 Å². The Hall–Kier alpha value is -4.02. The van der Waals surface area contributed by atoms with Gasteiger partial charge in [0.1, 0.15) is 18.4 Å². The highest BCUT2D eigenvalue weighted by Crippen LogP contribution is 2.26. The third kappa shape index (κ3) is 8.54. The number of halogens is 2. The van der Waals surface area contributed by atoms with E-state index in [1.165, 1.54) is 23.1 Å². The van der Waals surface area contributed by atoms with Crippen LogP contribution in [0.25, 0.3) is 0 Å². The Bertz CT molecular complexity index is 1650. The zero-order chi connectivity index (χ0) is 31.7. The Kier molecular flexibility index (Phi) is 11.3. The van der Waals surface area contributed by atoms with Crippen LogP contribution in [0.5, 0.6) is 0 Å². The van der Waals surface area contributed by atoms with Crippen LogP contribution in [0.1, 0.15) is 25.0 Å². The van der Waals surface area contributed by atoms with Crippen molar-refractivity contribution in [3.8, 4) is 0 Å². The molecule has 0 radical (unpaired) electrons. The van der Waals surface area contributed by atoms with Gasteiger partial charge in [0, 0.05) is 29.5 Å². The van der Waals surface area contributed by atoms with Crippen molar-refractivity contribution in [3.63, 3.8) is 0 Å². The number of sulfonamides is 1. The van der Waals surface area contributed by atoms with Crippen LogP contribution in [0.4, 0.5) is 10.1 Å². The molecular weight excluding hydrogens is 645 g/mol. The van der Waals surface area contributed by atoms with Crippen molar-refractivity contribution in [2.24, 2.45) is 5.92 Å². The minimum Gasteiger partial charge on any atom is -0.354 e. The molecule has 0 fully saturated rings. The molecule has 4 aromatic rings. The first-order valence-corrected chi connectivity index (χ1v) is 16.5. The summed E-state index contributed by atoms with van der Waals surface area (Å²) in [5, 5.41) is 2.92. The standard InChI is InChI=1S/C34H35BrFN3O4S/c1-25(2)22-37-34(41)32(21-26-11-5-3-6-12-26)38(23-27-13-9-10-16-31(27)36)33(40)24-39(29-19-17-28(35)18-20-29)44(42,43)30-14-7-4-8-15-30/h3-20,25,32H,21-24H2,1-2H3,(H,37,41)/t32-/m0/s1. The summed E-state index contributed by atoms with van der Waals surface area (Å²) >= 11 is 3.38. The second kappa shape index (κ2) is 15.1. The predicted octanol–water partition coefficient (Wildman–Crippen LogP) is 6.20. The molecule has 0 saturated carbocycles. The third-order valence-corrected chi connectivity index (χ3v) is 9.30. The van der Waals surface area contributed by atoms with Crippen molar-refractivity contribution in [1.82, 2.24) is 10.2 Å². The maximum Gasteiger partial charge on any atom is 0.264 e. The van der Waals surface area contributed by atoms with E-state index in [1.54, 1.807) is 60.7 Å². The SMILES string of the molecule is CC(C)CNC(=O)[C@H](Cc1ccccc1)N(Cc1ccccc1F)C(=O)CN(c1ccc(Br)cc1)S(=O)(=O)c1ccccc1. The molecule has 1 atom stereocenters. The highest BCUT2D eigenvalue weighted by atomic mass is 79.9. The maximum absolute atomic E-state index is 15.0. The lowest BCUT2D eigenvalue weighted by Gasteiger charge is -2.34. The van der Waals surface area contributed by atoms with Crippen LogP contribution >= 0.6 is 15.9 Å². The van der Waals surface area contributed by atoms with Gasteiger partial charge in [0.05, 0.1) is 10.6 Å². The molecule has 0 aliphatic heterocycles. The highest BCUT2D eigenvalue weighted by molar-refractivity contribution is 9.10. The molecule has 1 N–H and O–H groups in total. The van der Waals surface area contributed by atoms with E-state index in [-0.39, 0.29) is 35.0 Å². The number of anilines is 1. The number of nitrogens with zero attached hydrogens (tertiary/aromatic N) is 2. The van der Waals surface area contributed by atoms with Gasteiger partial charge in [-0.3, -0.25) is 13.9 Å². The lowest BCUT2D eigenvalue weighted by molar-refractivity contribution is -0.140. The van der Waals surface area contributed by atoms with Gasteiger partial charge in [-0.2, -0.15) is 0 Å². The van der Waals surface area contributed by atoms with Crippen LogP contribution < -0.4 is 9.62 Å². The summed E-state index contributed by atoms with van der Waals surface area (Å²) < 4.78 is 44.7. The van der Waals surface area contributed by atoms with Crippen LogP contribution in [0, 0.1) is 11.7 Å². The molecule has 44 heavy (non-hydrogen) atoms. The second-order valence-electron chi connectivity index (χ2n) is 10.8. The summed E-state index contributed by atoms with van der Waals surface area (Å²) in [6.45, 7) is 3.44. The first-order chi connectivity index (χ1) is 21.1. The average molecular weight is 681 g/mol. The molecule has 2 amide bonds. The normalized spacial score (nSPS) is 12.0. The minimum atomic E-state index is -4.21. The summed E-state index contributed by atoms with van der Waals surface area (Å²) in [7, 11) is -4.21. The Morgan fingerprint density at radius 2 is 1.43 bits per heavy atom. The Balaban J connectivity index is 1.79. The second-order valence-corrected chi connectivity index (χ2v) is 13.5. The van der Waals surface area contributed by atoms with E-state index in [2.05, 4.69) is 21.2 Å². The molecule has 230 valence electrons. The van der Waals surface area contributed by atoms with E-state index in [0.29, 0.717) is 6.54 Å². The highest BCUT2D eigenvalue weighted by Gasteiger charge is 2.35. The number of benzene rings is 4. The number of carbonyl (C=O) groups excluding carboxylic acids is 2. The van der Waals surface area contributed by atoms with Gasteiger partial charge in [-0.15, -0.1) is 0 Å². The lowest BCUT2D eigenvalue weighted by Crippen LogP contribution is -2.53. The van der Waals surface area contributed by atoms with Crippen LogP contribution in [0.15, 0.2) is 119 Å². The van der Waals surface area contributed by atoms with Crippen molar-refractivity contribution >= 4 is 43.5 Å². The minimum absolute atomic E-state index is 0.00637. The summed E-state index contributed by atoms with van der Waals surface area (Å²) in [6, 6.07) is 28.6. The molecular formula is C34H35BrFN3O4S. The van der Waals surface area contributed by atoms with E-state index in [4.69, 9.17) is 0 Å². The van der Waals surface area contributed by atoms with Crippen molar-refractivity contribution in [3.05, 3.63) is 131 Å². The van der Waals surface area contributed by atoms with Crippen LogP contribution in [-0.4, -0.2) is 44.3 Å². The van der Waals surface area contributed by atoms with Crippen molar-refractivity contribution in [2.45, 2.75) is 37.8 Å². The molecule has 0 saturated heterocycles. The molecule has 0 spiro atoms. The van der Waals surface area contributed by atoms with Crippen LogP contribution in [0.2, 0.25) is 0 Å². The number of hydrogen-bond acceptors (Lipinski definition) is 4. The van der Waals surface area contributed by atoms with Crippen molar-refractivity contribution in [2.75, 3.05) is 17.4 Å². The average Bonchev–Trinajstić information content (AvgIpc) is 3.02. The van der Waals surface area contributed by atoms with Gasteiger partial charge in [-0.05, 0) is 53.9 Å². The number of rotatable bonds is 13. The van der Waals surface area contributed by atoms with Gasteiger partial charge >= 0.3 is 0 Å². The largest absolute Gasteiger partial charge is 0.354 e. The number of carbonyl (C=O) groups is 2. The molecule has 4 rings (SSSR count). The first-order valence-electron chi connectivity index (χ1n) is 14.2. The Morgan fingerprint density at radius 1 is 0.841 bits per heavy atom. The monoisotopic (exact) mass is 679 g/mol. The summed E-state index contributed by atoms with van der Waals surface area (Å²) in [5.74, 6) is -1.45. The van der Waals surface area contributed by atoms with E-state index < -0.39 is 40.2 Å². The Morgan fingerprint density at radius 3 is 2.05 bits per heavy atom. The van der Waals surface area contributed by atoms with Gasteiger partial charge in [-0.1, -0.05) is 96.5 Å². The Labute approximate surface area is 266 Å². The van der Waals surface area contributed by atoms with Crippen LogP contribution in [-0.2, 0) is 32.6 Å². The first kappa shape index (κ1) is 32.9. The number of hydrogen-bond donors (Lipinski definition) is 1. The van der Waals surface area contributed by atoms with Gasteiger partial charge in [0.2, 0.25) is 11.8 Å². The lowest BCUT2D eigenvalue weighted by atomic mass is 10.0. The zero-order valence-corrected chi connectivity index (χ0v) is 27.0. The molecule has 7 nitrogen and oxygen atoms in total. The molecule has 10 heteroatoms. The predicted molar refractivity (Wildman–Crippen MR) is 174 cm³/mol. The van der Waals surface area contributed by atoms with Gasteiger partial charge in [-0.25, -0.2) is 12.8 Å². The summed E-state index contributed by atoms with van der Waals surface area (Å²) in [4.78, 5) is 29.4. The number of amides is 2. The van der Waals surface area contributed by atoms with E-state index >= 15 is 0 Å². The fraction of sp³-hybridized carbons (Fsp3) is 0.235. The van der Waals surface area contributed by atoms with Crippen molar-refractivity contribution in [1.29, 1.82) is 0 Å². The topological polar surface area (TPSA) is 86.8 Å². The summed E-state index contributed by atoms with van der Waals surface area (Å²) in [5.41, 5.74) is 1.27. The zero-order valence-electron chi connectivity index (χ0n) is 24.6. The van der Waals surface area contributed by atoms with Crippen LogP contribution in [0.3, 0.4) is 0 Å². The quantitative estimate of drug-likeness (QED) is 0.182. The molecule has 0 aliphatic carbocycles. The molecule has 0 bridgehead atoms. The third-order valence-electron chi connectivity index (χ3n) is 6.98. The molecule has 0 unspecified atom stereocenters.